The van der Waals surface area contributed by atoms with E-state index in [2.05, 4.69) is 15.3 Å². The van der Waals surface area contributed by atoms with E-state index in [0.29, 0.717) is 22.3 Å². The molecule has 2 heterocycles. The Kier molecular flexibility index (Phi) is 8.65. The summed E-state index contributed by atoms with van der Waals surface area (Å²) in [7, 11) is -3.80. The minimum absolute atomic E-state index is 0.0798. The zero-order chi connectivity index (χ0) is 28.9. The number of ether oxygens (including phenoxy) is 1. The maximum atomic E-state index is 13.5. The Hall–Kier alpha value is -4.49. The van der Waals surface area contributed by atoms with Crippen molar-refractivity contribution in [2.45, 2.75) is 20.0 Å². The molecule has 4 rings (SSSR count). The van der Waals surface area contributed by atoms with Gasteiger partial charge in [-0.25, -0.2) is 18.2 Å². The second kappa shape index (κ2) is 12.1. The largest absolute Gasteiger partial charge is 0.438 e. The van der Waals surface area contributed by atoms with Crippen LogP contribution in [0.15, 0.2) is 82.8 Å². The lowest BCUT2D eigenvalue weighted by Crippen LogP contribution is -2.44. The summed E-state index contributed by atoms with van der Waals surface area (Å²) in [5.74, 6) is -0.782. The molecule has 0 fully saturated rings. The van der Waals surface area contributed by atoms with Crippen molar-refractivity contribution in [1.29, 1.82) is 0 Å². The van der Waals surface area contributed by atoms with Gasteiger partial charge in [0.1, 0.15) is 11.6 Å². The molecule has 1 amide bonds. The maximum Gasteiger partial charge on any atom is 0.332 e. The summed E-state index contributed by atoms with van der Waals surface area (Å²) >= 11 is 6.00. The van der Waals surface area contributed by atoms with E-state index in [1.54, 1.807) is 48.5 Å². The molecule has 0 saturated carbocycles. The van der Waals surface area contributed by atoms with Gasteiger partial charge >= 0.3 is 5.69 Å². The molecule has 0 aliphatic heterocycles. The molecule has 0 saturated heterocycles. The summed E-state index contributed by atoms with van der Waals surface area (Å²) in [5, 5.41) is 3.61. The van der Waals surface area contributed by atoms with E-state index >= 15 is 0 Å². The van der Waals surface area contributed by atoms with Gasteiger partial charge in [0.25, 0.3) is 5.56 Å². The lowest BCUT2D eigenvalue weighted by molar-refractivity contribution is -0.123. The highest BCUT2D eigenvalue weighted by atomic mass is 35.5. The van der Waals surface area contributed by atoms with E-state index in [1.165, 1.54) is 36.1 Å². The number of anilines is 2. The molecule has 2 aromatic heterocycles. The Bertz CT molecular complexity index is 1720. The van der Waals surface area contributed by atoms with Gasteiger partial charge in [-0.1, -0.05) is 30.7 Å². The summed E-state index contributed by atoms with van der Waals surface area (Å²) in [4.78, 5) is 46.9. The van der Waals surface area contributed by atoms with E-state index in [0.717, 1.165) is 16.4 Å². The highest BCUT2D eigenvalue weighted by Gasteiger charge is 2.21. The van der Waals surface area contributed by atoms with Gasteiger partial charge in [-0.3, -0.25) is 28.4 Å². The number of benzene rings is 2. The molecular formula is C26H25ClN6O6S. The average molecular weight is 585 g/mol. The van der Waals surface area contributed by atoms with Crippen LogP contribution in [-0.2, 0) is 27.9 Å². The molecule has 4 aromatic rings. The third kappa shape index (κ3) is 7.55. The van der Waals surface area contributed by atoms with Crippen molar-refractivity contribution >= 4 is 39.0 Å². The van der Waals surface area contributed by atoms with Crippen molar-refractivity contribution in [2.24, 2.45) is 5.92 Å². The van der Waals surface area contributed by atoms with Gasteiger partial charge in [0.05, 0.1) is 24.9 Å². The first-order valence-corrected chi connectivity index (χ1v) is 14.2. The van der Waals surface area contributed by atoms with Crippen LogP contribution in [0.1, 0.15) is 12.5 Å². The summed E-state index contributed by atoms with van der Waals surface area (Å²) in [5.41, 5.74) is -0.0582. The van der Waals surface area contributed by atoms with E-state index in [-0.39, 0.29) is 18.9 Å². The second-order valence-electron chi connectivity index (χ2n) is 8.91. The van der Waals surface area contributed by atoms with E-state index in [1.807, 2.05) is 4.72 Å². The van der Waals surface area contributed by atoms with Crippen LogP contribution in [0, 0.1) is 5.92 Å². The molecule has 2 N–H and O–H groups in total. The predicted molar refractivity (Wildman–Crippen MR) is 149 cm³/mol. The van der Waals surface area contributed by atoms with Crippen molar-refractivity contribution in [3.8, 4) is 11.6 Å². The molecule has 40 heavy (non-hydrogen) atoms. The summed E-state index contributed by atoms with van der Waals surface area (Å²) in [6.07, 6.45) is 5.36. The zero-order valence-electron chi connectivity index (χ0n) is 21.4. The fraction of sp³-hybridized carbons (Fsp3) is 0.192. The average Bonchev–Trinajstić information content (AvgIpc) is 2.90. The maximum absolute atomic E-state index is 13.5. The Morgan fingerprint density at radius 2 is 1.75 bits per heavy atom. The molecule has 0 aliphatic rings. The molecule has 0 radical (unpaired) electrons. The molecule has 0 aliphatic carbocycles. The highest BCUT2D eigenvalue weighted by Crippen LogP contribution is 2.23. The quantitative estimate of drug-likeness (QED) is 0.286. The van der Waals surface area contributed by atoms with Crippen LogP contribution in [0.2, 0.25) is 5.02 Å². The number of halogens is 1. The van der Waals surface area contributed by atoms with Crippen LogP contribution in [0.3, 0.4) is 0 Å². The van der Waals surface area contributed by atoms with Gasteiger partial charge < -0.3 is 10.1 Å². The number of hydrogen-bond donors (Lipinski definition) is 2. The smallest absolute Gasteiger partial charge is 0.332 e. The van der Waals surface area contributed by atoms with Crippen molar-refractivity contribution in [2.75, 3.05) is 11.6 Å². The van der Waals surface area contributed by atoms with Crippen molar-refractivity contribution in [3.05, 3.63) is 105 Å². The molecule has 0 spiro atoms. The first-order chi connectivity index (χ1) is 19.0. The Morgan fingerprint density at radius 1 is 1.05 bits per heavy atom. The van der Waals surface area contributed by atoms with Crippen LogP contribution in [0.5, 0.6) is 11.6 Å². The number of nitrogens with one attached hydrogen (secondary N) is 2. The molecule has 0 unspecified atom stereocenters. The summed E-state index contributed by atoms with van der Waals surface area (Å²) in [6, 6.07) is 14.9. The standard InChI is InChI=1S/C26H25ClN6O6S/c1-17(25(35)31-40(2,37)38)15-33-24(34)13-22(32(26(33)36)16-18-3-5-19(27)6-4-18)30-20-7-9-21(10-8-20)39-23-14-28-11-12-29-23/h3-14,17,30H,15-16H2,1-2H3,(H,31,35)/t17-/m0/s1. The van der Waals surface area contributed by atoms with Crippen LogP contribution in [0.25, 0.3) is 0 Å². The SMILES string of the molecule is C[C@@H](Cn1c(=O)cc(Nc2ccc(Oc3cnccn3)cc2)n(Cc2ccc(Cl)cc2)c1=O)C(=O)NS(C)(=O)=O. The van der Waals surface area contributed by atoms with Gasteiger partial charge in [0.2, 0.25) is 21.8 Å². The van der Waals surface area contributed by atoms with Crippen molar-refractivity contribution < 1.29 is 17.9 Å². The first kappa shape index (κ1) is 28.5. The van der Waals surface area contributed by atoms with Gasteiger partial charge in [0.15, 0.2) is 0 Å². The number of carbonyl (C=O) groups is 1. The van der Waals surface area contributed by atoms with Gasteiger partial charge in [-0.05, 0) is 42.0 Å². The normalized spacial score (nSPS) is 12.0. The van der Waals surface area contributed by atoms with Crippen molar-refractivity contribution in [1.82, 2.24) is 23.8 Å². The van der Waals surface area contributed by atoms with E-state index in [4.69, 9.17) is 16.3 Å². The van der Waals surface area contributed by atoms with E-state index in [9.17, 15) is 22.8 Å². The first-order valence-electron chi connectivity index (χ1n) is 11.9. The molecular weight excluding hydrogens is 560 g/mol. The lowest BCUT2D eigenvalue weighted by atomic mass is 10.1. The lowest BCUT2D eigenvalue weighted by Gasteiger charge is -2.18. The number of nitrogens with zero attached hydrogens (tertiary/aromatic N) is 4. The number of hydrogen-bond acceptors (Lipinski definition) is 9. The van der Waals surface area contributed by atoms with Crippen LogP contribution in [0.4, 0.5) is 11.5 Å². The molecule has 208 valence electrons. The second-order valence-corrected chi connectivity index (χ2v) is 11.1. The van der Waals surface area contributed by atoms with Gasteiger partial charge in [-0.15, -0.1) is 0 Å². The van der Waals surface area contributed by atoms with Crippen molar-refractivity contribution in [3.63, 3.8) is 0 Å². The topological polar surface area (TPSA) is 154 Å². The molecule has 2 aromatic carbocycles. The van der Waals surface area contributed by atoms with Crippen LogP contribution in [-0.4, -0.2) is 39.7 Å². The highest BCUT2D eigenvalue weighted by molar-refractivity contribution is 7.89. The summed E-state index contributed by atoms with van der Waals surface area (Å²) in [6.45, 7) is 1.18. The van der Waals surface area contributed by atoms with Crippen LogP contribution < -0.4 is 26.0 Å². The number of carbonyl (C=O) groups excluding carboxylic acids is 1. The fourth-order valence-corrected chi connectivity index (χ4v) is 4.36. The Labute approximate surface area is 234 Å². The number of aromatic nitrogens is 4. The Balaban J connectivity index is 1.65. The third-order valence-electron chi connectivity index (χ3n) is 5.61. The van der Waals surface area contributed by atoms with E-state index < -0.39 is 33.1 Å². The van der Waals surface area contributed by atoms with Gasteiger partial charge in [0, 0.05) is 35.7 Å². The predicted octanol–water partition coefficient (Wildman–Crippen LogP) is 2.75. The molecule has 0 bridgehead atoms. The third-order valence-corrected chi connectivity index (χ3v) is 6.44. The number of rotatable bonds is 10. The summed E-state index contributed by atoms with van der Waals surface area (Å²) < 4.78 is 32.6. The molecule has 1 atom stereocenters. The van der Waals surface area contributed by atoms with Crippen LogP contribution >= 0.6 is 11.6 Å². The number of sulfonamides is 1. The zero-order valence-corrected chi connectivity index (χ0v) is 23.0. The minimum Gasteiger partial charge on any atom is -0.438 e. The molecule has 14 heteroatoms. The molecule has 12 nitrogen and oxygen atoms in total. The van der Waals surface area contributed by atoms with Gasteiger partial charge in [-0.2, -0.15) is 0 Å². The Morgan fingerprint density at radius 3 is 2.38 bits per heavy atom. The monoisotopic (exact) mass is 584 g/mol. The number of amides is 1. The fourth-order valence-electron chi connectivity index (χ4n) is 3.67. The minimum atomic E-state index is -3.80.